The second-order valence-corrected chi connectivity index (χ2v) is 5.56. The van der Waals surface area contributed by atoms with E-state index in [1.54, 1.807) is 6.20 Å². The molecule has 2 N–H and O–H groups in total. The molecule has 0 aliphatic carbocycles. The summed E-state index contributed by atoms with van der Waals surface area (Å²) in [4.78, 5) is 21.7. The number of carbonyl (C=O) groups excluding carboxylic acids is 1. The Balaban J connectivity index is 1.46. The maximum Gasteiger partial charge on any atom is 0.224 e. The Kier molecular flexibility index (Phi) is 4.32. The van der Waals surface area contributed by atoms with Crippen molar-refractivity contribution in [3.05, 3.63) is 18.2 Å². The van der Waals surface area contributed by atoms with E-state index in [4.69, 9.17) is 4.74 Å². The van der Waals surface area contributed by atoms with E-state index in [1.807, 2.05) is 11.1 Å². The van der Waals surface area contributed by atoms with Crippen LogP contribution in [0.15, 0.2) is 12.4 Å². The molecule has 0 spiro atoms. The van der Waals surface area contributed by atoms with Gasteiger partial charge < -0.3 is 19.9 Å². The monoisotopic (exact) mass is 278 g/mol. The minimum atomic E-state index is 0.180. The maximum atomic E-state index is 12.3. The number of likely N-dealkylation sites (tertiary alicyclic amines) is 1. The van der Waals surface area contributed by atoms with Crippen LogP contribution >= 0.6 is 0 Å². The van der Waals surface area contributed by atoms with Gasteiger partial charge in [0.25, 0.3) is 0 Å². The van der Waals surface area contributed by atoms with E-state index in [1.165, 1.54) is 0 Å². The van der Waals surface area contributed by atoms with Crippen molar-refractivity contribution in [3.8, 4) is 0 Å². The van der Waals surface area contributed by atoms with Crippen molar-refractivity contribution < 1.29 is 9.53 Å². The Morgan fingerprint density at radius 3 is 2.95 bits per heavy atom. The van der Waals surface area contributed by atoms with Crippen molar-refractivity contribution in [1.82, 2.24) is 20.2 Å². The summed E-state index contributed by atoms with van der Waals surface area (Å²) in [5, 5.41) is 3.33. The number of amides is 1. The average Bonchev–Trinajstić information content (AvgIpc) is 3.03. The number of hydrogen-bond donors (Lipinski definition) is 2. The van der Waals surface area contributed by atoms with Crippen molar-refractivity contribution in [2.24, 2.45) is 0 Å². The van der Waals surface area contributed by atoms with Crippen LogP contribution in [0.25, 0.3) is 0 Å². The first-order valence-electron chi connectivity index (χ1n) is 7.41. The van der Waals surface area contributed by atoms with Gasteiger partial charge in [0.15, 0.2) is 0 Å². The number of imidazole rings is 1. The molecule has 0 bridgehead atoms. The number of morpholine rings is 1. The lowest BCUT2D eigenvalue weighted by Crippen LogP contribution is -2.46. The standard InChI is InChI=1S/C14H22N4O2/c19-13(9-12-10-20-8-5-15-12)18-6-1-11(2-7-18)14-16-3-4-17-14/h3-4,11-12,15H,1-2,5-10H2,(H,16,17)/t12-/m1/s1. The minimum Gasteiger partial charge on any atom is -0.378 e. The molecule has 0 aromatic carbocycles. The molecule has 0 unspecified atom stereocenters. The minimum absolute atomic E-state index is 0.180. The molecule has 1 aromatic heterocycles. The maximum absolute atomic E-state index is 12.3. The molecular formula is C14H22N4O2. The number of nitrogens with one attached hydrogen (secondary N) is 2. The average molecular weight is 278 g/mol. The number of nitrogens with zero attached hydrogens (tertiary/aromatic N) is 2. The molecule has 3 rings (SSSR count). The molecule has 110 valence electrons. The normalized spacial score (nSPS) is 24.8. The zero-order valence-corrected chi connectivity index (χ0v) is 11.7. The summed E-state index contributed by atoms with van der Waals surface area (Å²) in [6, 6.07) is 0.180. The Bertz CT molecular complexity index is 420. The van der Waals surface area contributed by atoms with Crippen LogP contribution in [0.2, 0.25) is 0 Å². The fraction of sp³-hybridized carbons (Fsp3) is 0.714. The van der Waals surface area contributed by atoms with Gasteiger partial charge >= 0.3 is 0 Å². The number of piperidine rings is 1. The molecule has 2 fully saturated rings. The Labute approximate surface area is 118 Å². The summed E-state index contributed by atoms with van der Waals surface area (Å²) in [5.41, 5.74) is 0. The largest absolute Gasteiger partial charge is 0.378 e. The zero-order valence-electron chi connectivity index (χ0n) is 11.7. The Morgan fingerprint density at radius 1 is 1.45 bits per heavy atom. The van der Waals surface area contributed by atoms with E-state index >= 15 is 0 Å². The number of H-pyrrole nitrogens is 1. The molecule has 1 atom stereocenters. The molecule has 2 aliphatic rings. The Morgan fingerprint density at radius 2 is 2.30 bits per heavy atom. The molecule has 2 saturated heterocycles. The topological polar surface area (TPSA) is 70.2 Å². The van der Waals surface area contributed by atoms with E-state index in [-0.39, 0.29) is 11.9 Å². The summed E-state index contributed by atoms with van der Waals surface area (Å²) in [6.07, 6.45) is 6.19. The van der Waals surface area contributed by atoms with E-state index in [9.17, 15) is 4.79 Å². The quantitative estimate of drug-likeness (QED) is 0.844. The lowest BCUT2D eigenvalue weighted by molar-refractivity contribution is -0.133. The fourth-order valence-electron chi connectivity index (χ4n) is 2.99. The lowest BCUT2D eigenvalue weighted by Gasteiger charge is -2.33. The van der Waals surface area contributed by atoms with Crippen molar-refractivity contribution >= 4 is 5.91 Å². The molecule has 0 radical (unpaired) electrons. The highest BCUT2D eigenvalue weighted by Gasteiger charge is 2.27. The zero-order chi connectivity index (χ0) is 13.8. The smallest absolute Gasteiger partial charge is 0.224 e. The van der Waals surface area contributed by atoms with Crippen LogP contribution in [0.3, 0.4) is 0 Å². The Hall–Kier alpha value is -1.40. The van der Waals surface area contributed by atoms with Gasteiger partial charge in [-0.15, -0.1) is 0 Å². The predicted molar refractivity (Wildman–Crippen MR) is 74.4 cm³/mol. The van der Waals surface area contributed by atoms with E-state index < -0.39 is 0 Å². The summed E-state index contributed by atoms with van der Waals surface area (Å²) in [6.45, 7) is 3.90. The van der Waals surface area contributed by atoms with Crippen LogP contribution in [-0.4, -0.2) is 59.7 Å². The van der Waals surface area contributed by atoms with Gasteiger partial charge in [-0.25, -0.2) is 4.98 Å². The van der Waals surface area contributed by atoms with E-state index in [2.05, 4.69) is 15.3 Å². The first-order chi connectivity index (χ1) is 9.83. The highest BCUT2D eigenvalue weighted by molar-refractivity contribution is 5.77. The predicted octanol–water partition coefficient (Wildman–Crippen LogP) is 0.494. The van der Waals surface area contributed by atoms with Gasteiger partial charge in [-0.2, -0.15) is 0 Å². The first kappa shape index (κ1) is 13.6. The number of hydrogen-bond acceptors (Lipinski definition) is 4. The highest BCUT2D eigenvalue weighted by atomic mass is 16.5. The van der Waals surface area contributed by atoms with Gasteiger partial charge in [-0.1, -0.05) is 0 Å². The summed E-state index contributed by atoms with van der Waals surface area (Å²) < 4.78 is 5.39. The van der Waals surface area contributed by atoms with Gasteiger partial charge in [0, 0.05) is 50.4 Å². The first-order valence-corrected chi connectivity index (χ1v) is 7.41. The van der Waals surface area contributed by atoms with E-state index in [0.29, 0.717) is 18.9 Å². The molecule has 6 nitrogen and oxygen atoms in total. The van der Waals surface area contributed by atoms with Crippen molar-refractivity contribution in [3.63, 3.8) is 0 Å². The highest BCUT2D eigenvalue weighted by Crippen LogP contribution is 2.25. The molecule has 6 heteroatoms. The SMILES string of the molecule is O=C(C[C@@H]1COCCN1)N1CCC(c2ncc[nH]2)CC1. The molecule has 0 saturated carbocycles. The number of rotatable bonds is 3. The third-order valence-electron chi connectivity index (χ3n) is 4.17. The van der Waals surface area contributed by atoms with Crippen LogP contribution in [0.4, 0.5) is 0 Å². The summed E-state index contributed by atoms with van der Waals surface area (Å²) in [5.74, 6) is 1.76. The van der Waals surface area contributed by atoms with Crippen molar-refractivity contribution in [1.29, 1.82) is 0 Å². The van der Waals surface area contributed by atoms with Gasteiger partial charge in [-0.3, -0.25) is 4.79 Å². The summed E-state index contributed by atoms with van der Waals surface area (Å²) >= 11 is 0. The molecular weight excluding hydrogens is 256 g/mol. The van der Waals surface area contributed by atoms with E-state index in [0.717, 1.165) is 44.9 Å². The van der Waals surface area contributed by atoms with Crippen LogP contribution in [-0.2, 0) is 9.53 Å². The third kappa shape index (κ3) is 3.19. The number of aromatic nitrogens is 2. The van der Waals surface area contributed by atoms with Crippen LogP contribution in [0.5, 0.6) is 0 Å². The van der Waals surface area contributed by atoms with Gasteiger partial charge in [0.1, 0.15) is 5.82 Å². The number of aromatic amines is 1. The van der Waals surface area contributed by atoms with Crippen LogP contribution in [0.1, 0.15) is 31.0 Å². The van der Waals surface area contributed by atoms with Gasteiger partial charge in [-0.05, 0) is 12.8 Å². The molecule has 1 aromatic rings. The molecule has 1 amide bonds. The molecule has 3 heterocycles. The van der Waals surface area contributed by atoms with Gasteiger partial charge in [0.2, 0.25) is 5.91 Å². The fourth-order valence-corrected chi connectivity index (χ4v) is 2.99. The van der Waals surface area contributed by atoms with Crippen molar-refractivity contribution in [2.45, 2.75) is 31.2 Å². The van der Waals surface area contributed by atoms with Crippen molar-refractivity contribution in [2.75, 3.05) is 32.8 Å². The second kappa shape index (κ2) is 6.37. The third-order valence-corrected chi connectivity index (χ3v) is 4.17. The van der Waals surface area contributed by atoms with Gasteiger partial charge in [0.05, 0.1) is 13.2 Å². The lowest BCUT2D eigenvalue weighted by atomic mass is 9.95. The number of carbonyl (C=O) groups is 1. The van der Waals surface area contributed by atoms with Crippen LogP contribution in [0, 0.1) is 0 Å². The second-order valence-electron chi connectivity index (χ2n) is 5.56. The number of ether oxygens (including phenoxy) is 1. The van der Waals surface area contributed by atoms with Crippen LogP contribution < -0.4 is 5.32 Å². The summed E-state index contributed by atoms with van der Waals surface area (Å²) in [7, 11) is 0. The molecule has 2 aliphatic heterocycles. The molecule has 20 heavy (non-hydrogen) atoms.